The summed E-state index contributed by atoms with van der Waals surface area (Å²) >= 11 is 5.39. The van der Waals surface area contributed by atoms with E-state index in [2.05, 4.69) is 29.5 Å². The molecule has 0 unspecified atom stereocenters. The maximum atomic E-state index is 13.4. The molecule has 0 aliphatic carbocycles. The number of amides is 1. The Morgan fingerprint density at radius 3 is 2.42 bits per heavy atom. The van der Waals surface area contributed by atoms with Crippen LogP contribution < -0.4 is 20.7 Å². The van der Waals surface area contributed by atoms with Gasteiger partial charge >= 0.3 is 0 Å². The highest BCUT2D eigenvalue weighted by atomic mass is 32.1. The highest BCUT2D eigenvalue weighted by molar-refractivity contribution is 7.80. The van der Waals surface area contributed by atoms with Crippen molar-refractivity contribution in [2.45, 2.75) is 26.0 Å². The molecule has 5 nitrogen and oxygen atoms in total. The van der Waals surface area contributed by atoms with Gasteiger partial charge in [0.15, 0.2) is 5.11 Å². The first kappa shape index (κ1) is 22.6. The van der Waals surface area contributed by atoms with Gasteiger partial charge in [-0.3, -0.25) is 4.79 Å². The number of carbonyl (C=O) groups is 1. The van der Waals surface area contributed by atoms with Crippen molar-refractivity contribution in [2.75, 3.05) is 5.32 Å². The van der Waals surface area contributed by atoms with Gasteiger partial charge in [-0.05, 0) is 48.0 Å². The smallest absolute Gasteiger partial charge is 0.235 e. The highest BCUT2D eigenvalue weighted by Gasteiger charge is 2.38. The van der Waals surface area contributed by atoms with E-state index < -0.39 is 12.0 Å². The van der Waals surface area contributed by atoms with Crippen molar-refractivity contribution < 1.29 is 9.53 Å². The molecule has 0 radical (unpaired) electrons. The average molecular weight is 458 g/mol. The molecule has 6 heteroatoms. The number of thiocarbonyl (C=S) groups is 1. The quantitative estimate of drug-likeness (QED) is 0.430. The van der Waals surface area contributed by atoms with Crippen LogP contribution in [0.25, 0.3) is 0 Å². The van der Waals surface area contributed by atoms with Gasteiger partial charge in [-0.15, -0.1) is 0 Å². The van der Waals surface area contributed by atoms with Crippen LogP contribution in [0.15, 0.2) is 91.1 Å². The number of ether oxygens (including phenoxy) is 1. The van der Waals surface area contributed by atoms with Gasteiger partial charge in [-0.25, -0.2) is 0 Å². The topological polar surface area (TPSA) is 62.4 Å². The second kappa shape index (κ2) is 10.3. The number of carbonyl (C=O) groups excluding carboxylic acids is 1. The monoisotopic (exact) mass is 457 g/mol. The number of benzene rings is 3. The molecular formula is C27H27N3O2S. The number of para-hydroxylation sites is 1. The highest BCUT2D eigenvalue weighted by Crippen LogP contribution is 2.35. The minimum atomic E-state index is -0.593. The van der Waals surface area contributed by atoms with Crippen molar-refractivity contribution in [2.24, 2.45) is 5.92 Å². The Kier molecular flexibility index (Phi) is 7.05. The van der Waals surface area contributed by atoms with E-state index in [4.69, 9.17) is 17.0 Å². The number of nitrogens with one attached hydrogen (secondary N) is 3. The van der Waals surface area contributed by atoms with Crippen molar-refractivity contribution in [3.63, 3.8) is 0 Å². The fraction of sp³-hybridized carbons (Fsp3) is 0.185. The lowest BCUT2D eigenvalue weighted by Gasteiger charge is -2.36. The van der Waals surface area contributed by atoms with E-state index in [9.17, 15) is 4.79 Å². The zero-order valence-electron chi connectivity index (χ0n) is 18.5. The zero-order chi connectivity index (χ0) is 23.2. The number of rotatable bonds is 7. The Morgan fingerprint density at radius 1 is 1.00 bits per heavy atom. The molecule has 3 aromatic rings. The maximum absolute atomic E-state index is 13.4. The zero-order valence-corrected chi connectivity index (χ0v) is 19.3. The van der Waals surface area contributed by atoms with Gasteiger partial charge in [-0.1, -0.05) is 74.2 Å². The molecule has 1 amide bonds. The second-order valence-corrected chi connectivity index (χ2v) is 8.34. The molecule has 33 heavy (non-hydrogen) atoms. The number of aryl methyl sites for hydroxylation is 1. The van der Waals surface area contributed by atoms with Crippen LogP contribution in [0.2, 0.25) is 0 Å². The average Bonchev–Trinajstić information content (AvgIpc) is 2.83. The number of anilines is 1. The third-order valence-corrected chi connectivity index (χ3v) is 5.89. The van der Waals surface area contributed by atoms with Crippen molar-refractivity contribution in [3.8, 4) is 5.75 Å². The van der Waals surface area contributed by atoms with Crippen LogP contribution >= 0.6 is 12.2 Å². The van der Waals surface area contributed by atoms with E-state index in [-0.39, 0.29) is 5.91 Å². The van der Waals surface area contributed by atoms with E-state index >= 15 is 0 Å². The molecule has 168 valence electrons. The first-order valence-corrected chi connectivity index (χ1v) is 11.4. The minimum Gasteiger partial charge on any atom is -0.489 e. The predicted octanol–water partition coefficient (Wildman–Crippen LogP) is 5.12. The summed E-state index contributed by atoms with van der Waals surface area (Å²) in [6, 6.07) is 25.1. The Labute approximate surface area is 199 Å². The normalized spacial score (nSPS) is 17.6. The molecule has 0 saturated carbocycles. The maximum Gasteiger partial charge on any atom is 0.235 e. The molecule has 3 aromatic carbocycles. The molecule has 1 fully saturated rings. The Balaban J connectivity index is 1.59. The Bertz CT molecular complexity index is 1150. The third kappa shape index (κ3) is 5.41. The van der Waals surface area contributed by atoms with E-state index in [0.29, 0.717) is 23.2 Å². The lowest BCUT2D eigenvalue weighted by molar-refractivity contribution is -0.119. The molecule has 4 rings (SSSR count). The van der Waals surface area contributed by atoms with E-state index in [1.165, 1.54) is 5.56 Å². The fourth-order valence-electron chi connectivity index (χ4n) is 3.90. The van der Waals surface area contributed by atoms with Crippen molar-refractivity contribution in [3.05, 3.63) is 108 Å². The molecule has 2 atom stereocenters. The van der Waals surface area contributed by atoms with Gasteiger partial charge in [0.05, 0.1) is 6.04 Å². The van der Waals surface area contributed by atoms with Gasteiger partial charge in [0, 0.05) is 16.9 Å². The van der Waals surface area contributed by atoms with E-state index in [1.807, 2.05) is 78.9 Å². The predicted molar refractivity (Wildman–Crippen MR) is 136 cm³/mol. The van der Waals surface area contributed by atoms with Crippen molar-refractivity contribution in [1.29, 1.82) is 0 Å². The molecule has 0 spiro atoms. The standard InChI is InChI=1S/C27H27N3O2S/c1-3-19-13-15-21(16-14-19)29-26(31)24-18(2)28-27(33)30-25(24)22-11-7-8-12-23(22)32-17-20-9-5-4-6-10-20/h4-16,24-25H,2-3,17H2,1H3,(H,29,31)(H2,28,30,33)/t24-,25+/m1/s1. The molecule has 1 aliphatic heterocycles. The third-order valence-electron chi connectivity index (χ3n) is 5.67. The molecule has 1 aliphatic rings. The summed E-state index contributed by atoms with van der Waals surface area (Å²) in [6.45, 7) is 6.62. The second-order valence-electron chi connectivity index (χ2n) is 7.93. The van der Waals surface area contributed by atoms with Crippen LogP contribution in [0.4, 0.5) is 5.69 Å². The first-order chi connectivity index (χ1) is 16.0. The summed E-state index contributed by atoms with van der Waals surface area (Å²) in [5.41, 5.74) is 4.41. The van der Waals surface area contributed by atoms with E-state index in [1.54, 1.807) is 0 Å². The van der Waals surface area contributed by atoms with Gasteiger partial charge < -0.3 is 20.7 Å². The summed E-state index contributed by atoms with van der Waals surface area (Å²) in [5.74, 6) is -0.0694. The number of hydrogen-bond donors (Lipinski definition) is 3. The fourth-order valence-corrected chi connectivity index (χ4v) is 4.16. The van der Waals surface area contributed by atoms with Crippen LogP contribution in [0.5, 0.6) is 5.75 Å². The van der Waals surface area contributed by atoms with Gasteiger partial charge in [0.25, 0.3) is 0 Å². The van der Waals surface area contributed by atoms with Gasteiger partial charge in [0.2, 0.25) is 5.91 Å². The summed E-state index contributed by atoms with van der Waals surface area (Å²) in [7, 11) is 0. The lowest BCUT2D eigenvalue weighted by atomic mass is 9.87. The lowest BCUT2D eigenvalue weighted by Crippen LogP contribution is -2.51. The summed E-state index contributed by atoms with van der Waals surface area (Å²) < 4.78 is 6.15. The van der Waals surface area contributed by atoms with Crippen molar-refractivity contribution >= 4 is 28.9 Å². The molecule has 3 N–H and O–H groups in total. The molecule has 1 heterocycles. The van der Waals surface area contributed by atoms with Crippen LogP contribution in [0.1, 0.15) is 29.7 Å². The molecular weight excluding hydrogens is 430 g/mol. The largest absolute Gasteiger partial charge is 0.489 e. The summed E-state index contributed by atoms with van der Waals surface area (Å²) in [4.78, 5) is 13.4. The summed E-state index contributed by atoms with van der Waals surface area (Å²) in [5, 5.41) is 9.72. The minimum absolute atomic E-state index is 0.172. The molecule has 0 bridgehead atoms. The van der Waals surface area contributed by atoms with Gasteiger partial charge in [-0.2, -0.15) is 0 Å². The Hall–Kier alpha value is -3.64. The summed E-state index contributed by atoms with van der Waals surface area (Å²) in [6.07, 6.45) is 0.945. The molecule has 0 aromatic heterocycles. The van der Waals surface area contributed by atoms with Gasteiger partial charge in [0.1, 0.15) is 18.3 Å². The SMILES string of the molecule is C=C1NC(=S)N[C@@H](c2ccccc2OCc2ccccc2)[C@@H]1C(=O)Nc1ccc(CC)cc1. The Morgan fingerprint density at radius 2 is 1.70 bits per heavy atom. The van der Waals surface area contributed by atoms with Crippen LogP contribution in [-0.2, 0) is 17.8 Å². The van der Waals surface area contributed by atoms with Crippen LogP contribution in [0, 0.1) is 5.92 Å². The van der Waals surface area contributed by atoms with Crippen LogP contribution in [-0.4, -0.2) is 11.0 Å². The molecule has 1 saturated heterocycles. The number of hydrogen-bond acceptors (Lipinski definition) is 3. The van der Waals surface area contributed by atoms with Crippen molar-refractivity contribution in [1.82, 2.24) is 10.6 Å². The van der Waals surface area contributed by atoms with Crippen LogP contribution in [0.3, 0.4) is 0 Å². The first-order valence-electron chi connectivity index (χ1n) is 11.0. The van der Waals surface area contributed by atoms with E-state index in [0.717, 1.165) is 23.2 Å².